The molecule has 0 spiro atoms. The number of nitrogens with zero attached hydrogens (tertiary/aromatic N) is 1. The lowest BCUT2D eigenvalue weighted by molar-refractivity contribution is 0.254. The summed E-state index contributed by atoms with van der Waals surface area (Å²) in [5.74, 6) is 1.54. The summed E-state index contributed by atoms with van der Waals surface area (Å²) in [5, 5.41) is 7.13. The second kappa shape index (κ2) is 7.51. The van der Waals surface area contributed by atoms with Crippen LogP contribution in [-0.2, 0) is 0 Å². The van der Waals surface area contributed by atoms with E-state index in [1.54, 1.807) is 0 Å². The van der Waals surface area contributed by atoms with E-state index in [1.807, 2.05) is 12.4 Å². The van der Waals surface area contributed by atoms with E-state index in [0.29, 0.717) is 6.04 Å². The molecule has 2 rings (SSSR count). The molecule has 3 nitrogen and oxygen atoms in total. The van der Waals surface area contributed by atoms with Gasteiger partial charge in [-0.25, -0.2) is 0 Å². The molecule has 20 heavy (non-hydrogen) atoms. The Morgan fingerprint density at radius 1 is 1.20 bits per heavy atom. The quantitative estimate of drug-likeness (QED) is 0.801. The average molecular weight is 275 g/mol. The smallest absolute Gasteiger partial charge is 0.0549 e. The Labute approximate surface area is 123 Å². The topological polar surface area (TPSA) is 37.0 Å². The molecule has 2 atom stereocenters. The largest absolute Gasteiger partial charge is 0.384 e. The second-order valence-electron chi connectivity index (χ2n) is 6.33. The van der Waals surface area contributed by atoms with Crippen molar-refractivity contribution in [3.8, 4) is 0 Å². The fourth-order valence-corrected chi connectivity index (χ4v) is 3.24. The third kappa shape index (κ3) is 4.12. The van der Waals surface area contributed by atoms with Gasteiger partial charge in [0.05, 0.1) is 23.8 Å². The van der Waals surface area contributed by atoms with Crippen LogP contribution in [0.15, 0.2) is 18.5 Å². The van der Waals surface area contributed by atoms with Gasteiger partial charge in [-0.3, -0.25) is 4.98 Å². The Bertz CT molecular complexity index is 403. The first-order valence-corrected chi connectivity index (χ1v) is 8.16. The summed E-state index contributed by atoms with van der Waals surface area (Å²) >= 11 is 0. The summed E-state index contributed by atoms with van der Waals surface area (Å²) < 4.78 is 0. The molecule has 1 saturated carbocycles. The van der Waals surface area contributed by atoms with Crippen molar-refractivity contribution in [1.29, 1.82) is 0 Å². The van der Waals surface area contributed by atoms with Gasteiger partial charge < -0.3 is 10.6 Å². The third-order valence-corrected chi connectivity index (χ3v) is 4.35. The van der Waals surface area contributed by atoms with Crippen molar-refractivity contribution in [2.45, 2.75) is 58.9 Å². The highest BCUT2D eigenvalue weighted by atomic mass is 15.0. The molecule has 0 aliphatic heterocycles. The van der Waals surface area contributed by atoms with Gasteiger partial charge in [0.2, 0.25) is 0 Å². The molecule has 112 valence electrons. The zero-order valence-corrected chi connectivity index (χ0v) is 13.2. The van der Waals surface area contributed by atoms with Gasteiger partial charge in [0, 0.05) is 12.6 Å². The van der Waals surface area contributed by atoms with Gasteiger partial charge in [0.1, 0.15) is 0 Å². The predicted octanol–water partition coefficient (Wildman–Crippen LogP) is 4.53. The summed E-state index contributed by atoms with van der Waals surface area (Å²) in [7, 11) is 0. The lowest BCUT2D eigenvalue weighted by Crippen LogP contribution is -2.35. The molecule has 0 radical (unpaired) electrons. The predicted molar refractivity (Wildman–Crippen MR) is 87.2 cm³/mol. The SMILES string of the molecule is CCCNc1cncc(NC2CCCCC2C(C)C)c1. The van der Waals surface area contributed by atoms with E-state index in [0.717, 1.165) is 36.2 Å². The van der Waals surface area contributed by atoms with Crippen molar-refractivity contribution in [3.05, 3.63) is 18.5 Å². The van der Waals surface area contributed by atoms with Crippen LogP contribution in [-0.4, -0.2) is 17.6 Å². The van der Waals surface area contributed by atoms with Crippen LogP contribution < -0.4 is 10.6 Å². The lowest BCUT2D eigenvalue weighted by atomic mass is 9.78. The van der Waals surface area contributed by atoms with E-state index in [1.165, 1.54) is 25.7 Å². The van der Waals surface area contributed by atoms with Gasteiger partial charge in [-0.15, -0.1) is 0 Å². The molecular weight excluding hydrogens is 246 g/mol. The van der Waals surface area contributed by atoms with Gasteiger partial charge in [-0.1, -0.05) is 33.6 Å². The van der Waals surface area contributed by atoms with E-state index in [2.05, 4.69) is 42.5 Å². The molecule has 0 saturated heterocycles. The van der Waals surface area contributed by atoms with Crippen molar-refractivity contribution in [1.82, 2.24) is 4.98 Å². The van der Waals surface area contributed by atoms with Crippen LogP contribution in [0, 0.1) is 11.8 Å². The maximum atomic E-state index is 4.35. The summed E-state index contributed by atoms with van der Waals surface area (Å²) in [5.41, 5.74) is 2.28. The number of rotatable bonds is 6. The van der Waals surface area contributed by atoms with E-state index < -0.39 is 0 Å². The highest BCUT2D eigenvalue weighted by Crippen LogP contribution is 2.32. The van der Waals surface area contributed by atoms with Crippen molar-refractivity contribution >= 4 is 11.4 Å². The van der Waals surface area contributed by atoms with E-state index >= 15 is 0 Å². The van der Waals surface area contributed by atoms with E-state index in [4.69, 9.17) is 0 Å². The Morgan fingerprint density at radius 2 is 1.95 bits per heavy atom. The first-order chi connectivity index (χ1) is 9.70. The molecule has 2 unspecified atom stereocenters. The van der Waals surface area contributed by atoms with Crippen molar-refractivity contribution in [2.75, 3.05) is 17.2 Å². The number of pyridine rings is 1. The number of hydrogen-bond acceptors (Lipinski definition) is 3. The third-order valence-electron chi connectivity index (χ3n) is 4.35. The average Bonchev–Trinajstić information content (AvgIpc) is 2.46. The molecule has 1 fully saturated rings. The van der Waals surface area contributed by atoms with Crippen molar-refractivity contribution < 1.29 is 0 Å². The number of hydrogen-bond donors (Lipinski definition) is 2. The Balaban J connectivity index is 2.00. The molecular formula is C17H29N3. The van der Waals surface area contributed by atoms with E-state index in [-0.39, 0.29) is 0 Å². The van der Waals surface area contributed by atoms with Gasteiger partial charge in [-0.05, 0) is 37.2 Å². The van der Waals surface area contributed by atoms with Crippen LogP contribution in [0.1, 0.15) is 52.9 Å². The molecule has 1 aliphatic carbocycles. The van der Waals surface area contributed by atoms with Crippen molar-refractivity contribution in [3.63, 3.8) is 0 Å². The molecule has 1 aromatic heterocycles. The summed E-state index contributed by atoms with van der Waals surface area (Å²) in [4.78, 5) is 4.35. The monoisotopic (exact) mass is 275 g/mol. The van der Waals surface area contributed by atoms with Crippen LogP contribution in [0.4, 0.5) is 11.4 Å². The van der Waals surface area contributed by atoms with Gasteiger partial charge >= 0.3 is 0 Å². The molecule has 3 heteroatoms. The zero-order valence-electron chi connectivity index (χ0n) is 13.2. The zero-order chi connectivity index (χ0) is 14.4. The fourth-order valence-electron chi connectivity index (χ4n) is 3.24. The first-order valence-electron chi connectivity index (χ1n) is 8.16. The highest BCUT2D eigenvalue weighted by molar-refractivity contribution is 5.54. The minimum absolute atomic E-state index is 0.604. The van der Waals surface area contributed by atoms with Gasteiger partial charge in [0.25, 0.3) is 0 Å². The maximum Gasteiger partial charge on any atom is 0.0549 e. The molecule has 0 bridgehead atoms. The summed E-state index contributed by atoms with van der Waals surface area (Å²) in [6, 6.07) is 2.79. The first kappa shape index (κ1) is 15.1. The van der Waals surface area contributed by atoms with Crippen molar-refractivity contribution in [2.24, 2.45) is 11.8 Å². The van der Waals surface area contributed by atoms with Crippen LogP contribution in [0.5, 0.6) is 0 Å². The number of anilines is 2. The van der Waals surface area contributed by atoms with Gasteiger partial charge in [0.15, 0.2) is 0 Å². The maximum absolute atomic E-state index is 4.35. The Hall–Kier alpha value is -1.25. The molecule has 1 aliphatic rings. The van der Waals surface area contributed by atoms with Crippen LogP contribution in [0.2, 0.25) is 0 Å². The van der Waals surface area contributed by atoms with Gasteiger partial charge in [-0.2, -0.15) is 0 Å². The summed E-state index contributed by atoms with van der Waals surface area (Å²) in [6.07, 6.45) is 10.4. The molecule has 0 aromatic carbocycles. The molecule has 1 aromatic rings. The van der Waals surface area contributed by atoms with Crippen LogP contribution >= 0.6 is 0 Å². The molecule has 1 heterocycles. The fraction of sp³-hybridized carbons (Fsp3) is 0.706. The minimum Gasteiger partial charge on any atom is -0.384 e. The molecule has 2 N–H and O–H groups in total. The minimum atomic E-state index is 0.604. The Morgan fingerprint density at radius 3 is 2.70 bits per heavy atom. The summed E-state index contributed by atoms with van der Waals surface area (Å²) in [6.45, 7) is 7.88. The van der Waals surface area contributed by atoms with E-state index in [9.17, 15) is 0 Å². The highest BCUT2D eigenvalue weighted by Gasteiger charge is 2.27. The standard InChI is InChI=1S/C17H29N3/c1-4-9-19-14-10-15(12-18-11-14)20-17-8-6-5-7-16(17)13(2)3/h10-13,16-17,19-20H,4-9H2,1-3H3. The Kier molecular flexibility index (Phi) is 5.69. The molecule has 0 amide bonds. The number of aromatic nitrogens is 1. The van der Waals surface area contributed by atoms with Crippen LogP contribution in [0.3, 0.4) is 0 Å². The normalized spacial score (nSPS) is 22.8. The van der Waals surface area contributed by atoms with Crippen LogP contribution in [0.25, 0.3) is 0 Å². The lowest BCUT2D eigenvalue weighted by Gasteiger charge is -2.35. The number of nitrogens with one attached hydrogen (secondary N) is 2. The second-order valence-corrected chi connectivity index (χ2v) is 6.33.